The van der Waals surface area contributed by atoms with Gasteiger partial charge in [-0.25, -0.2) is 9.48 Å². The maximum absolute atomic E-state index is 11.5. The van der Waals surface area contributed by atoms with E-state index in [1.54, 1.807) is 37.3 Å². The molecular formula is C15H11Cl2N3O2. The Morgan fingerprint density at radius 2 is 2.18 bits per heavy atom. The number of esters is 1. The van der Waals surface area contributed by atoms with Crippen LogP contribution in [0.5, 0.6) is 0 Å². The van der Waals surface area contributed by atoms with E-state index in [1.807, 2.05) is 0 Å². The molecular weight excluding hydrogens is 325 g/mol. The Morgan fingerprint density at radius 3 is 2.77 bits per heavy atom. The third-order valence-corrected chi connectivity index (χ3v) is 3.51. The summed E-state index contributed by atoms with van der Waals surface area (Å²) in [6.45, 7) is 1.73. The van der Waals surface area contributed by atoms with E-state index >= 15 is 0 Å². The first-order valence-electron chi connectivity index (χ1n) is 6.19. The molecule has 112 valence electrons. The van der Waals surface area contributed by atoms with Crippen LogP contribution in [0, 0.1) is 18.3 Å². The lowest BCUT2D eigenvalue weighted by Crippen LogP contribution is -2.02. The summed E-state index contributed by atoms with van der Waals surface area (Å²) in [7, 11) is 1.21. The Hall–Kier alpha value is -2.29. The van der Waals surface area contributed by atoms with Gasteiger partial charge in [-0.2, -0.15) is 10.4 Å². The molecule has 0 aliphatic heterocycles. The summed E-state index contributed by atoms with van der Waals surface area (Å²) in [5.41, 5.74) is 1.57. The monoisotopic (exact) mass is 335 g/mol. The molecule has 7 heteroatoms. The summed E-state index contributed by atoms with van der Waals surface area (Å²) in [5.74, 6) is -0.728. The van der Waals surface area contributed by atoms with Crippen LogP contribution in [0.25, 0.3) is 11.8 Å². The largest absolute Gasteiger partial charge is 0.465 e. The molecule has 0 amide bonds. The number of halogens is 2. The normalized spacial score (nSPS) is 11.1. The molecule has 0 bridgehead atoms. The van der Waals surface area contributed by atoms with Crippen molar-refractivity contribution in [3.05, 3.63) is 51.3 Å². The number of benzene rings is 1. The van der Waals surface area contributed by atoms with Crippen molar-refractivity contribution in [2.45, 2.75) is 6.92 Å². The zero-order valence-electron chi connectivity index (χ0n) is 11.8. The second-order valence-corrected chi connectivity index (χ2v) is 5.14. The first-order valence-corrected chi connectivity index (χ1v) is 6.94. The highest BCUT2D eigenvalue weighted by atomic mass is 35.5. The van der Waals surface area contributed by atoms with Gasteiger partial charge in [0, 0.05) is 10.6 Å². The summed E-state index contributed by atoms with van der Waals surface area (Å²) in [4.78, 5) is 11.5. The molecule has 0 aliphatic rings. The zero-order chi connectivity index (χ0) is 16.3. The smallest absolute Gasteiger partial charge is 0.348 e. The number of hydrogen-bond donors (Lipinski definition) is 0. The molecule has 0 atom stereocenters. The minimum Gasteiger partial charge on any atom is -0.465 e. The molecule has 0 radical (unpaired) electrons. The molecule has 5 nitrogen and oxygen atoms in total. The number of carbonyl (C=O) groups is 1. The molecule has 1 heterocycles. The zero-order valence-corrected chi connectivity index (χ0v) is 13.3. The van der Waals surface area contributed by atoms with Crippen molar-refractivity contribution in [1.82, 2.24) is 9.78 Å². The van der Waals surface area contributed by atoms with Crippen LogP contribution in [0.1, 0.15) is 11.3 Å². The van der Waals surface area contributed by atoms with Gasteiger partial charge in [0.25, 0.3) is 0 Å². The van der Waals surface area contributed by atoms with Gasteiger partial charge in [-0.3, -0.25) is 0 Å². The molecule has 0 N–H and O–H groups in total. The summed E-state index contributed by atoms with van der Waals surface area (Å²) in [6, 6.07) is 8.80. The molecule has 1 aromatic heterocycles. The number of aryl methyl sites for hydroxylation is 1. The number of nitrogens with zero attached hydrogens (tertiary/aromatic N) is 3. The Labute approximate surface area is 137 Å². The maximum atomic E-state index is 11.5. The number of rotatable bonds is 3. The van der Waals surface area contributed by atoms with Gasteiger partial charge in [0.2, 0.25) is 0 Å². The lowest BCUT2D eigenvalue weighted by Gasteiger charge is -2.03. The first-order chi connectivity index (χ1) is 10.5. The molecule has 2 aromatic rings. The Bertz CT molecular complexity index is 804. The third kappa shape index (κ3) is 3.14. The van der Waals surface area contributed by atoms with E-state index in [2.05, 4.69) is 9.84 Å². The van der Waals surface area contributed by atoms with Crippen molar-refractivity contribution in [2.24, 2.45) is 0 Å². The van der Waals surface area contributed by atoms with Gasteiger partial charge in [-0.15, -0.1) is 0 Å². The van der Waals surface area contributed by atoms with Crippen LogP contribution in [0.4, 0.5) is 0 Å². The molecule has 1 aromatic carbocycles. The highest BCUT2D eigenvalue weighted by molar-refractivity contribution is 6.32. The lowest BCUT2D eigenvalue weighted by molar-refractivity contribution is -0.135. The van der Waals surface area contributed by atoms with Crippen molar-refractivity contribution < 1.29 is 9.53 Å². The predicted molar refractivity (Wildman–Crippen MR) is 83.9 cm³/mol. The standard InChI is InChI=1S/C15H11Cl2N3O2/c1-9-13(6-10(8-18)15(21)22-2)14(17)20(19-9)12-5-3-4-11(16)7-12/h3-7H,1-2H3/b10-6+. The number of hydrogen-bond acceptors (Lipinski definition) is 4. The fourth-order valence-corrected chi connectivity index (χ4v) is 2.36. The van der Waals surface area contributed by atoms with Crippen molar-refractivity contribution in [3.63, 3.8) is 0 Å². The minimum absolute atomic E-state index is 0.154. The van der Waals surface area contributed by atoms with E-state index in [9.17, 15) is 4.79 Å². The first kappa shape index (κ1) is 16.1. The number of methoxy groups -OCH3 is 1. The lowest BCUT2D eigenvalue weighted by atomic mass is 10.1. The number of carbonyl (C=O) groups excluding carboxylic acids is 1. The van der Waals surface area contributed by atoms with E-state index in [-0.39, 0.29) is 10.7 Å². The van der Waals surface area contributed by atoms with Gasteiger partial charge in [-0.1, -0.05) is 29.3 Å². The number of aromatic nitrogens is 2. The van der Waals surface area contributed by atoms with Crippen LogP contribution in [0.15, 0.2) is 29.8 Å². The average molecular weight is 336 g/mol. The van der Waals surface area contributed by atoms with Gasteiger partial charge in [0.15, 0.2) is 0 Å². The molecule has 0 fully saturated rings. The van der Waals surface area contributed by atoms with Gasteiger partial charge < -0.3 is 4.74 Å². The molecule has 22 heavy (non-hydrogen) atoms. The Balaban J connectivity index is 2.55. The van der Waals surface area contributed by atoms with Crippen molar-refractivity contribution in [2.75, 3.05) is 7.11 Å². The fraction of sp³-hybridized carbons (Fsp3) is 0.133. The van der Waals surface area contributed by atoms with Crippen LogP contribution in [-0.2, 0) is 9.53 Å². The fourth-order valence-electron chi connectivity index (χ4n) is 1.85. The summed E-state index contributed by atoms with van der Waals surface area (Å²) >= 11 is 12.3. The summed E-state index contributed by atoms with van der Waals surface area (Å²) in [6.07, 6.45) is 1.36. The minimum atomic E-state index is -0.728. The number of ether oxygens (including phenoxy) is 1. The van der Waals surface area contributed by atoms with E-state index in [0.717, 1.165) is 0 Å². The van der Waals surface area contributed by atoms with E-state index < -0.39 is 5.97 Å². The molecule has 0 aliphatic carbocycles. The molecule has 0 spiro atoms. The Morgan fingerprint density at radius 1 is 1.45 bits per heavy atom. The number of nitriles is 1. The topological polar surface area (TPSA) is 67.9 Å². The van der Waals surface area contributed by atoms with Crippen LogP contribution < -0.4 is 0 Å². The van der Waals surface area contributed by atoms with Crippen LogP contribution in [0.3, 0.4) is 0 Å². The van der Waals surface area contributed by atoms with Crippen LogP contribution in [-0.4, -0.2) is 22.9 Å². The van der Waals surface area contributed by atoms with Crippen LogP contribution in [0.2, 0.25) is 10.2 Å². The van der Waals surface area contributed by atoms with E-state index in [0.29, 0.717) is 22.0 Å². The molecule has 0 saturated heterocycles. The van der Waals surface area contributed by atoms with Gasteiger partial charge in [-0.05, 0) is 31.2 Å². The molecule has 0 unspecified atom stereocenters. The maximum Gasteiger partial charge on any atom is 0.348 e. The molecule has 0 saturated carbocycles. The average Bonchev–Trinajstić information content (AvgIpc) is 2.79. The van der Waals surface area contributed by atoms with E-state index in [4.69, 9.17) is 28.5 Å². The van der Waals surface area contributed by atoms with E-state index in [1.165, 1.54) is 17.9 Å². The SMILES string of the molecule is COC(=O)/C(C#N)=C/c1c(C)nn(-c2cccc(Cl)c2)c1Cl. The highest BCUT2D eigenvalue weighted by Gasteiger charge is 2.16. The van der Waals surface area contributed by atoms with Gasteiger partial charge >= 0.3 is 5.97 Å². The highest BCUT2D eigenvalue weighted by Crippen LogP contribution is 2.26. The van der Waals surface area contributed by atoms with Crippen molar-refractivity contribution >= 4 is 35.2 Å². The van der Waals surface area contributed by atoms with Gasteiger partial charge in [0.1, 0.15) is 16.8 Å². The predicted octanol–water partition coefficient (Wildman–Crippen LogP) is 3.57. The third-order valence-electron chi connectivity index (χ3n) is 2.92. The van der Waals surface area contributed by atoms with Crippen molar-refractivity contribution in [3.8, 4) is 11.8 Å². The summed E-state index contributed by atoms with van der Waals surface area (Å²) < 4.78 is 6.03. The quantitative estimate of drug-likeness (QED) is 0.488. The van der Waals surface area contributed by atoms with Crippen molar-refractivity contribution in [1.29, 1.82) is 5.26 Å². The summed E-state index contributed by atoms with van der Waals surface area (Å²) in [5, 5.41) is 14.2. The second-order valence-electron chi connectivity index (χ2n) is 4.34. The van der Waals surface area contributed by atoms with Crippen LogP contribution >= 0.6 is 23.2 Å². The second kappa shape index (κ2) is 6.65. The van der Waals surface area contributed by atoms with Gasteiger partial charge in [0.05, 0.1) is 18.5 Å². The Kier molecular flexibility index (Phi) is 4.86. The molecule has 2 rings (SSSR count).